The standard InChI is InChI=1S/C12H8N2S/c1-2-4-10-7-11(6-5-9(10)3-1)12-14-13-8-15-12/h1-8H. The molecule has 0 radical (unpaired) electrons. The smallest absolute Gasteiger partial charge is 0.147 e. The molecule has 0 fully saturated rings. The van der Waals surface area contributed by atoms with E-state index >= 15 is 0 Å². The molecule has 3 aromatic rings. The van der Waals surface area contributed by atoms with Gasteiger partial charge in [-0.3, -0.25) is 0 Å². The Bertz CT molecular complexity index is 587. The Morgan fingerprint density at radius 1 is 0.933 bits per heavy atom. The van der Waals surface area contributed by atoms with Crippen molar-refractivity contribution in [2.45, 2.75) is 0 Å². The lowest BCUT2D eigenvalue weighted by atomic mass is 10.1. The molecule has 0 unspecified atom stereocenters. The Labute approximate surface area is 91.2 Å². The number of hydrogen-bond donors (Lipinski definition) is 0. The first-order valence-corrected chi connectivity index (χ1v) is 5.57. The topological polar surface area (TPSA) is 25.8 Å². The van der Waals surface area contributed by atoms with E-state index in [4.69, 9.17) is 0 Å². The van der Waals surface area contributed by atoms with E-state index in [0.29, 0.717) is 0 Å². The summed E-state index contributed by atoms with van der Waals surface area (Å²) in [5, 5.41) is 11.4. The number of rotatable bonds is 1. The zero-order valence-electron chi connectivity index (χ0n) is 7.92. The lowest BCUT2D eigenvalue weighted by Gasteiger charge is -1.99. The van der Waals surface area contributed by atoms with Gasteiger partial charge in [-0.1, -0.05) is 47.7 Å². The highest BCUT2D eigenvalue weighted by molar-refractivity contribution is 7.12. The van der Waals surface area contributed by atoms with Crippen LogP contribution in [0.5, 0.6) is 0 Å². The number of benzene rings is 2. The van der Waals surface area contributed by atoms with Gasteiger partial charge in [0.2, 0.25) is 0 Å². The van der Waals surface area contributed by atoms with Crippen molar-refractivity contribution in [2.24, 2.45) is 0 Å². The number of aromatic nitrogens is 2. The summed E-state index contributed by atoms with van der Waals surface area (Å²) in [5.74, 6) is 0. The molecule has 0 amide bonds. The van der Waals surface area contributed by atoms with Gasteiger partial charge in [0.15, 0.2) is 0 Å². The maximum Gasteiger partial charge on any atom is 0.147 e. The molecule has 1 heterocycles. The van der Waals surface area contributed by atoms with E-state index < -0.39 is 0 Å². The van der Waals surface area contributed by atoms with Crippen molar-refractivity contribution >= 4 is 22.1 Å². The predicted molar refractivity (Wildman–Crippen MR) is 62.9 cm³/mol. The van der Waals surface area contributed by atoms with Crippen molar-refractivity contribution in [3.8, 4) is 10.6 Å². The second kappa shape index (κ2) is 3.44. The third-order valence-corrected chi connectivity index (χ3v) is 3.10. The van der Waals surface area contributed by atoms with Crippen LogP contribution in [-0.2, 0) is 0 Å². The fourth-order valence-corrected chi connectivity index (χ4v) is 2.17. The molecule has 0 saturated heterocycles. The fraction of sp³-hybridized carbons (Fsp3) is 0. The lowest BCUT2D eigenvalue weighted by molar-refractivity contribution is 1.10. The van der Waals surface area contributed by atoms with Gasteiger partial charge in [-0.2, -0.15) is 0 Å². The van der Waals surface area contributed by atoms with Crippen molar-refractivity contribution in [1.82, 2.24) is 10.2 Å². The van der Waals surface area contributed by atoms with Crippen molar-refractivity contribution in [1.29, 1.82) is 0 Å². The van der Waals surface area contributed by atoms with Crippen LogP contribution in [0.2, 0.25) is 0 Å². The molecule has 0 spiro atoms. The van der Waals surface area contributed by atoms with Crippen LogP contribution in [0.15, 0.2) is 48.0 Å². The van der Waals surface area contributed by atoms with Crippen molar-refractivity contribution in [2.75, 3.05) is 0 Å². The van der Waals surface area contributed by atoms with E-state index in [0.717, 1.165) is 10.6 Å². The third kappa shape index (κ3) is 1.51. The van der Waals surface area contributed by atoms with Crippen LogP contribution >= 0.6 is 11.3 Å². The van der Waals surface area contributed by atoms with E-state index in [1.807, 2.05) is 12.1 Å². The van der Waals surface area contributed by atoms with Crippen LogP contribution in [0, 0.1) is 0 Å². The predicted octanol–water partition coefficient (Wildman–Crippen LogP) is 3.36. The number of nitrogens with zero attached hydrogens (tertiary/aromatic N) is 2. The number of hydrogen-bond acceptors (Lipinski definition) is 3. The van der Waals surface area contributed by atoms with Crippen LogP contribution in [0.3, 0.4) is 0 Å². The molecule has 72 valence electrons. The van der Waals surface area contributed by atoms with Gasteiger partial charge in [-0.25, -0.2) is 0 Å². The first-order chi connectivity index (χ1) is 7.43. The summed E-state index contributed by atoms with van der Waals surface area (Å²) in [7, 11) is 0. The molecule has 3 heteroatoms. The van der Waals surface area contributed by atoms with Crippen LogP contribution in [0.4, 0.5) is 0 Å². The Morgan fingerprint density at radius 2 is 1.80 bits per heavy atom. The first-order valence-electron chi connectivity index (χ1n) is 4.69. The van der Waals surface area contributed by atoms with Crippen LogP contribution in [0.1, 0.15) is 0 Å². The molecule has 0 N–H and O–H groups in total. The molecule has 0 atom stereocenters. The second-order valence-electron chi connectivity index (χ2n) is 3.31. The molecular formula is C12H8N2S. The minimum atomic E-state index is 0.973. The molecular weight excluding hydrogens is 204 g/mol. The van der Waals surface area contributed by atoms with Gasteiger partial charge in [-0.15, -0.1) is 10.2 Å². The fourth-order valence-electron chi connectivity index (χ4n) is 1.62. The molecule has 2 nitrogen and oxygen atoms in total. The summed E-state index contributed by atoms with van der Waals surface area (Å²) >= 11 is 1.56. The Morgan fingerprint density at radius 3 is 2.60 bits per heavy atom. The average molecular weight is 212 g/mol. The van der Waals surface area contributed by atoms with Gasteiger partial charge >= 0.3 is 0 Å². The molecule has 0 saturated carbocycles. The Balaban J connectivity index is 2.22. The molecule has 1 aromatic heterocycles. The normalized spacial score (nSPS) is 10.7. The quantitative estimate of drug-likeness (QED) is 0.618. The Hall–Kier alpha value is -1.74. The molecule has 0 aliphatic carbocycles. The molecule has 0 aliphatic rings. The molecule has 3 rings (SSSR count). The highest BCUT2D eigenvalue weighted by Gasteiger charge is 2.01. The van der Waals surface area contributed by atoms with Crippen LogP contribution in [-0.4, -0.2) is 10.2 Å². The van der Waals surface area contributed by atoms with Gasteiger partial charge < -0.3 is 0 Å². The van der Waals surface area contributed by atoms with Gasteiger partial charge in [0.05, 0.1) is 0 Å². The molecule has 0 aliphatic heterocycles. The average Bonchev–Trinajstić information content (AvgIpc) is 2.82. The van der Waals surface area contributed by atoms with Gasteiger partial charge in [0.1, 0.15) is 10.5 Å². The summed E-state index contributed by atoms with van der Waals surface area (Å²) in [5.41, 5.74) is 2.89. The third-order valence-electron chi connectivity index (χ3n) is 2.36. The highest BCUT2D eigenvalue weighted by Crippen LogP contribution is 2.24. The SMILES string of the molecule is c1ccc2cc(-c3nncs3)ccc2c1. The van der Waals surface area contributed by atoms with E-state index in [9.17, 15) is 0 Å². The van der Waals surface area contributed by atoms with Crippen molar-refractivity contribution in [3.05, 3.63) is 48.0 Å². The van der Waals surface area contributed by atoms with Crippen LogP contribution in [0.25, 0.3) is 21.3 Å². The highest BCUT2D eigenvalue weighted by atomic mass is 32.1. The summed E-state index contributed by atoms with van der Waals surface area (Å²) < 4.78 is 0. The monoisotopic (exact) mass is 212 g/mol. The minimum Gasteiger partial charge on any atom is -0.147 e. The summed E-state index contributed by atoms with van der Waals surface area (Å²) in [6, 6.07) is 14.7. The first kappa shape index (κ1) is 8.56. The van der Waals surface area contributed by atoms with Crippen molar-refractivity contribution in [3.63, 3.8) is 0 Å². The zero-order chi connectivity index (χ0) is 10.1. The Kier molecular flexibility index (Phi) is 1.96. The molecule has 15 heavy (non-hydrogen) atoms. The van der Waals surface area contributed by atoms with E-state index in [-0.39, 0.29) is 0 Å². The maximum absolute atomic E-state index is 4.06. The lowest BCUT2D eigenvalue weighted by Crippen LogP contribution is -1.78. The molecule has 0 bridgehead atoms. The number of fused-ring (bicyclic) bond motifs is 1. The largest absolute Gasteiger partial charge is 0.147 e. The van der Waals surface area contributed by atoms with Gasteiger partial charge in [0, 0.05) is 5.56 Å². The van der Waals surface area contributed by atoms with Gasteiger partial charge in [0.25, 0.3) is 0 Å². The van der Waals surface area contributed by atoms with E-state index in [1.165, 1.54) is 10.8 Å². The van der Waals surface area contributed by atoms with Crippen molar-refractivity contribution < 1.29 is 0 Å². The second-order valence-corrected chi connectivity index (χ2v) is 4.14. The van der Waals surface area contributed by atoms with E-state index in [1.54, 1.807) is 16.8 Å². The summed E-state index contributed by atoms with van der Waals surface area (Å²) in [4.78, 5) is 0. The van der Waals surface area contributed by atoms with Crippen LogP contribution < -0.4 is 0 Å². The molecule has 2 aromatic carbocycles. The van der Waals surface area contributed by atoms with Gasteiger partial charge in [-0.05, 0) is 16.8 Å². The summed E-state index contributed by atoms with van der Waals surface area (Å²) in [6.45, 7) is 0. The van der Waals surface area contributed by atoms with E-state index in [2.05, 4.69) is 40.5 Å². The summed E-state index contributed by atoms with van der Waals surface area (Å²) in [6.07, 6.45) is 0. The maximum atomic E-state index is 4.06. The zero-order valence-corrected chi connectivity index (χ0v) is 8.74. The minimum absolute atomic E-state index is 0.973.